The lowest BCUT2D eigenvalue weighted by atomic mass is 10.3. The minimum atomic E-state index is 0.613. The Bertz CT molecular complexity index is 564. The molecule has 1 aromatic carbocycles. The highest BCUT2D eigenvalue weighted by molar-refractivity contribution is 5.56. The van der Waals surface area contributed by atoms with Gasteiger partial charge in [0.15, 0.2) is 0 Å². The fraction of sp³-hybridized carbons (Fsp3) is 0.357. The molecule has 0 radical (unpaired) electrons. The highest BCUT2D eigenvalue weighted by atomic mass is 16.5. The van der Waals surface area contributed by atoms with E-state index in [4.69, 9.17) is 15.2 Å². The smallest absolute Gasteiger partial charge is 0.217 e. The SMILES string of the molecule is CCCOc1cc(Oc2cc(C)nn2C)ccc1N. The summed E-state index contributed by atoms with van der Waals surface area (Å²) in [5.41, 5.74) is 7.38. The van der Waals surface area contributed by atoms with Crippen LogP contribution in [0.4, 0.5) is 5.69 Å². The number of benzene rings is 1. The van der Waals surface area contributed by atoms with Crippen LogP contribution in [0.2, 0.25) is 0 Å². The van der Waals surface area contributed by atoms with E-state index in [1.165, 1.54) is 0 Å². The average molecular weight is 261 g/mol. The Morgan fingerprint density at radius 3 is 2.74 bits per heavy atom. The fourth-order valence-corrected chi connectivity index (χ4v) is 1.72. The van der Waals surface area contributed by atoms with Crippen molar-refractivity contribution in [3.8, 4) is 17.4 Å². The minimum Gasteiger partial charge on any atom is -0.491 e. The maximum Gasteiger partial charge on any atom is 0.217 e. The van der Waals surface area contributed by atoms with Crippen molar-refractivity contribution in [1.29, 1.82) is 0 Å². The second-order valence-electron chi connectivity index (χ2n) is 4.40. The zero-order valence-electron chi connectivity index (χ0n) is 11.5. The lowest BCUT2D eigenvalue weighted by molar-refractivity contribution is 0.317. The van der Waals surface area contributed by atoms with Crippen LogP contribution in [0.15, 0.2) is 24.3 Å². The largest absolute Gasteiger partial charge is 0.491 e. The molecule has 2 aromatic rings. The van der Waals surface area contributed by atoms with Gasteiger partial charge in [0.05, 0.1) is 18.0 Å². The number of ether oxygens (including phenoxy) is 2. The van der Waals surface area contributed by atoms with Crippen LogP contribution in [0.25, 0.3) is 0 Å². The summed E-state index contributed by atoms with van der Waals surface area (Å²) < 4.78 is 13.0. The number of aryl methyl sites for hydroxylation is 2. The maximum atomic E-state index is 5.86. The number of hydrogen-bond acceptors (Lipinski definition) is 4. The first-order valence-electron chi connectivity index (χ1n) is 6.31. The van der Waals surface area contributed by atoms with Crippen molar-refractivity contribution in [2.45, 2.75) is 20.3 Å². The van der Waals surface area contributed by atoms with Gasteiger partial charge in [-0.2, -0.15) is 5.10 Å². The summed E-state index contributed by atoms with van der Waals surface area (Å²) >= 11 is 0. The Morgan fingerprint density at radius 1 is 1.32 bits per heavy atom. The van der Waals surface area contributed by atoms with Gasteiger partial charge >= 0.3 is 0 Å². The summed E-state index contributed by atoms with van der Waals surface area (Å²) in [6.07, 6.45) is 0.936. The van der Waals surface area contributed by atoms with Gasteiger partial charge in [0, 0.05) is 19.2 Å². The molecule has 0 aliphatic carbocycles. The molecular weight excluding hydrogens is 242 g/mol. The maximum absolute atomic E-state index is 5.86. The van der Waals surface area contributed by atoms with E-state index < -0.39 is 0 Å². The molecule has 0 spiro atoms. The minimum absolute atomic E-state index is 0.613. The molecule has 2 N–H and O–H groups in total. The van der Waals surface area contributed by atoms with Gasteiger partial charge in [-0.1, -0.05) is 6.92 Å². The Balaban J connectivity index is 2.18. The molecule has 5 nitrogen and oxygen atoms in total. The van der Waals surface area contributed by atoms with Crippen LogP contribution < -0.4 is 15.2 Å². The molecule has 0 unspecified atom stereocenters. The van der Waals surface area contributed by atoms with Crippen LogP contribution >= 0.6 is 0 Å². The molecule has 0 amide bonds. The van der Waals surface area contributed by atoms with E-state index in [1.54, 1.807) is 16.8 Å². The fourth-order valence-electron chi connectivity index (χ4n) is 1.72. The molecule has 0 saturated carbocycles. The molecule has 0 bridgehead atoms. The first-order chi connectivity index (χ1) is 9.10. The molecule has 0 atom stereocenters. The molecule has 19 heavy (non-hydrogen) atoms. The summed E-state index contributed by atoms with van der Waals surface area (Å²) in [6.45, 7) is 4.61. The van der Waals surface area contributed by atoms with E-state index in [-0.39, 0.29) is 0 Å². The summed E-state index contributed by atoms with van der Waals surface area (Å²) in [6, 6.07) is 7.27. The second-order valence-corrected chi connectivity index (χ2v) is 4.40. The van der Waals surface area contributed by atoms with Gasteiger partial charge in [0.1, 0.15) is 11.5 Å². The number of aromatic nitrogens is 2. The summed E-state index contributed by atoms with van der Waals surface area (Å²) in [5.74, 6) is 2.02. The summed E-state index contributed by atoms with van der Waals surface area (Å²) in [5, 5.41) is 4.23. The highest BCUT2D eigenvalue weighted by Gasteiger charge is 2.07. The number of rotatable bonds is 5. The standard InChI is InChI=1S/C14H19N3O2/c1-4-7-18-13-9-11(5-6-12(13)15)19-14-8-10(2)16-17(14)3/h5-6,8-9H,4,7,15H2,1-3H3. The Kier molecular flexibility index (Phi) is 3.94. The van der Waals surface area contributed by atoms with Gasteiger partial charge in [-0.15, -0.1) is 0 Å². The Labute approximate surface area is 112 Å². The van der Waals surface area contributed by atoms with Gasteiger partial charge in [-0.25, -0.2) is 4.68 Å². The van der Waals surface area contributed by atoms with Gasteiger partial charge in [0.2, 0.25) is 5.88 Å². The molecule has 0 saturated heterocycles. The molecule has 102 valence electrons. The second kappa shape index (κ2) is 5.65. The van der Waals surface area contributed by atoms with E-state index in [9.17, 15) is 0 Å². The number of nitrogens with zero attached hydrogens (tertiary/aromatic N) is 2. The molecule has 2 rings (SSSR count). The van der Waals surface area contributed by atoms with Crippen molar-refractivity contribution in [1.82, 2.24) is 9.78 Å². The number of nitrogen functional groups attached to an aromatic ring is 1. The molecule has 5 heteroatoms. The molecule has 1 heterocycles. The lowest BCUT2D eigenvalue weighted by Gasteiger charge is -2.10. The zero-order chi connectivity index (χ0) is 13.8. The van der Waals surface area contributed by atoms with Crippen LogP contribution in [0.3, 0.4) is 0 Å². The molecule has 0 aliphatic rings. The number of nitrogens with two attached hydrogens (primary N) is 1. The van der Waals surface area contributed by atoms with Gasteiger partial charge in [0.25, 0.3) is 0 Å². The van der Waals surface area contributed by atoms with Gasteiger partial charge < -0.3 is 15.2 Å². The van der Waals surface area contributed by atoms with E-state index in [2.05, 4.69) is 12.0 Å². The van der Waals surface area contributed by atoms with Crippen LogP contribution in [0, 0.1) is 6.92 Å². The third kappa shape index (κ3) is 3.19. The normalized spacial score (nSPS) is 10.5. The van der Waals surface area contributed by atoms with Crippen molar-refractivity contribution >= 4 is 5.69 Å². The van der Waals surface area contributed by atoms with Crippen LogP contribution in [0.5, 0.6) is 17.4 Å². The molecule has 0 fully saturated rings. The first kappa shape index (κ1) is 13.3. The van der Waals surface area contributed by atoms with Crippen molar-refractivity contribution in [2.24, 2.45) is 7.05 Å². The predicted molar refractivity (Wildman–Crippen MR) is 74.7 cm³/mol. The van der Waals surface area contributed by atoms with Crippen molar-refractivity contribution in [3.05, 3.63) is 30.0 Å². The predicted octanol–water partition coefficient (Wildman–Crippen LogP) is 2.89. The Hall–Kier alpha value is -2.17. The van der Waals surface area contributed by atoms with Crippen molar-refractivity contribution < 1.29 is 9.47 Å². The summed E-state index contributed by atoms with van der Waals surface area (Å²) in [7, 11) is 1.84. The molecule has 0 aliphatic heterocycles. The van der Waals surface area contributed by atoms with Crippen molar-refractivity contribution in [2.75, 3.05) is 12.3 Å². The van der Waals surface area contributed by atoms with Crippen LogP contribution in [-0.4, -0.2) is 16.4 Å². The molecular formula is C14H19N3O2. The lowest BCUT2D eigenvalue weighted by Crippen LogP contribution is -2.00. The monoisotopic (exact) mass is 261 g/mol. The Morgan fingerprint density at radius 2 is 2.11 bits per heavy atom. The van der Waals surface area contributed by atoms with E-state index in [1.807, 2.05) is 26.1 Å². The summed E-state index contributed by atoms with van der Waals surface area (Å²) in [4.78, 5) is 0. The van der Waals surface area contributed by atoms with E-state index in [0.717, 1.165) is 12.1 Å². The van der Waals surface area contributed by atoms with Crippen molar-refractivity contribution in [3.63, 3.8) is 0 Å². The first-order valence-corrected chi connectivity index (χ1v) is 6.31. The molecule has 1 aromatic heterocycles. The van der Waals surface area contributed by atoms with Gasteiger partial charge in [-0.05, 0) is 25.5 Å². The highest BCUT2D eigenvalue weighted by Crippen LogP contribution is 2.30. The van der Waals surface area contributed by atoms with Crippen LogP contribution in [0.1, 0.15) is 19.0 Å². The third-order valence-electron chi connectivity index (χ3n) is 2.63. The third-order valence-corrected chi connectivity index (χ3v) is 2.63. The van der Waals surface area contributed by atoms with Gasteiger partial charge in [-0.3, -0.25) is 0 Å². The number of anilines is 1. The topological polar surface area (TPSA) is 62.3 Å². The number of hydrogen-bond donors (Lipinski definition) is 1. The average Bonchev–Trinajstić information content (AvgIpc) is 2.68. The van der Waals surface area contributed by atoms with Crippen LogP contribution in [-0.2, 0) is 7.05 Å². The quantitative estimate of drug-likeness (QED) is 0.841. The van der Waals surface area contributed by atoms with E-state index >= 15 is 0 Å². The van der Waals surface area contributed by atoms with E-state index in [0.29, 0.717) is 29.7 Å². The zero-order valence-corrected chi connectivity index (χ0v) is 11.5.